The number of fused-ring (bicyclic) bond motifs is 4. The molecule has 0 N–H and O–H groups in total. The van der Waals surface area contributed by atoms with Crippen LogP contribution in [0.15, 0.2) is 0 Å². The van der Waals surface area contributed by atoms with E-state index in [0.29, 0.717) is 9.16 Å². The van der Waals surface area contributed by atoms with Gasteiger partial charge in [-0.3, -0.25) is 0 Å². The summed E-state index contributed by atoms with van der Waals surface area (Å²) in [6, 6.07) is 0. The van der Waals surface area contributed by atoms with Gasteiger partial charge in [0.2, 0.25) is 0 Å². The number of hydrogen-bond donors (Lipinski definition) is 0. The highest BCUT2D eigenvalue weighted by Crippen LogP contribution is 2.48. The zero-order valence-electron chi connectivity index (χ0n) is 5.70. The summed E-state index contributed by atoms with van der Waals surface area (Å²) >= 11 is 7.51. The second kappa shape index (κ2) is 3.20. The smallest absolute Gasteiger partial charge is 0.0736 e. The van der Waals surface area contributed by atoms with Crippen molar-refractivity contribution in [3.05, 3.63) is 5.06 Å². The van der Waals surface area contributed by atoms with E-state index in [0.717, 1.165) is 5.06 Å². The molecule has 0 saturated carbocycles. The van der Waals surface area contributed by atoms with Gasteiger partial charge < -0.3 is 0 Å². The molecule has 0 aromatic heterocycles. The van der Waals surface area contributed by atoms with Crippen molar-refractivity contribution in [1.29, 1.82) is 0 Å². The van der Waals surface area contributed by atoms with Gasteiger partial charge in [0.1, 0.15) is 0 Å². The fourth-order valence-corrected chi connectivity index (χ4v) is 6.54. The number of rotatable bonds is 0. The minimum absolute atomic E-state index is 0.670. The first-order valence-electron chi connectivity index (χ1n) is 3.24. The number of thioether (sulfide) groups is 4. The standard InChI is InChI=1S/C5H7S4/c1-4-7-2-5(6-1)9-3-8-4/h3-5H,1-2H2/i3T. The normalized spacial score (nSPS) is 46.4. The maximum atomic E-state index is 7.53. The maximum absolute atomic E-state index is 7.53. The Hall–Kier alpha value is 1.40. The first-order chi connectivity index (χ1) is 4.84. The zero-order chi connectivity index (χ0) is 6.97. The molecule has 2 atom stereocenters. The Balaban J connectivity index is 2.05. The van der Waals surface area contributed by atoms with Crippen LogP contribution >= 0.6 is 47.0 Å². The molecule has 0 nitrogen and oxygen atoms in total. The molecular formula is C5H7S4. The van der Waals surface area contributed by atoms with E-state index in [1.165, 1.54) is 11.5 Å². The third kappa shape index (κ3) is 1.70. The second-order valence-electron chi connectivity index (χ2n) is 1.84. The molecule has 3 saturated heterocycles. The third-order valence-corrected chi connectivity index (χ3v) is 7.19. The minimum atomic E-state index is 0.670. The quantitative estimate of drug-likeness (QED) is 0.585. The Kier molecular flexibility index (Phi) is 2.12. The van der Waals surface area contributed by atoms with Gasteiger partial charge in [0, 0.05) is 11.5 Å². The van der Waals surface area contributed by atoms with Crippen LogP contribution in [-0.2, 0) is 0 Å². The lowest BCUT2D eigenvalue weighted by Crippen LogP contribution is -2.12. The second-order valence-corrected chi connectivity index (χ2v) is 7.19. The minimum Gasteiger partial charge on any atom is -0.145 e. The first-order valence-corrected chi connectivity index (χ1v) is 6.60. The van der Waals surface area contributed by atoms with Gasteiger partial charge in [-0.25, -0.2) is 0 Å². The third-order valence-electron chi connectivity index (χ3n) is 1.20. The van der Waals surface area contributed by atoms with E-state index < -0.39 is 0 Å². The first kappa shape index (κ1) is 5.98. The molecule has 2 unspecified atom stereocenters. The lowest BCUT2D eigenvalue weighted by atomic mass is 10.9. The van der Waals surface area contributed by atoms with E-state index in [9.17, 15) is 0 Å². The summed E-state index contributed by atoms with van der Waals surface area (Å²) in [5.74, 6) is 2.46. The Morgan fingerprint density at radius 2 is 1.78 bits per heavy atom. The summed E-state index contributed by atoms with van der Waals surface area (Å²) in [6.07, 6.45) is 0. The van der Waals surface area contributed by atoms with E-state index in [2.05, 4.69) is 0 Å². The molecule has 1 radical (unpaired) electrons. The molecule has 3 aliphatic heterocycles. The topological polar surface area (TPSA) is 0 Å². The van der Waals surface area contributed by atoms with Gasteiger partial charge in [-0.15, -0.1) is 47.0 Å². The van der Waals surface area contributed by atoms with Crippen molar-refractivity contribution < 1.29 is 1.37 Å². The van der Waals surface area contributed by atoms with Crippen molar-refractivity contribution in [2.24, 2.45) is 0 Å². The monoisotopic (exact) mass is 197 g/mol. The van der Waals surface area contributed by atoms with Crippen LogP contribution in [0.5, 0.6) is 0 Å². The molecule has 0 spiro atoms. The van der Waals surface area contributed by atoms with Crippen LogP contribution in [0.4, 0.5) is 0 Å². The highest BCUT2D eigenvalue weighted by Gasteiger charge is 2.26. The van der Waals surface area contributed by atoms with Crippen molar-refractivity contribution in [2.75, 3.05) is 11.5 Å². The number of hydrogen-bond acceptors (Lipinski definition) is 4. The Labute approximate surface area is 74.1 Å². The fraction of sp³-hybridized carbons (Fsp3) is 0.800. The van der Waals surface area contributed by atoms with Crippen LogP contribution < -0.4 is 0 Å². The van der Waals surface area contributed by atoms with Gasteiger partial charge in [-0.1, -0.05) is 0 Å². The molecule has 0 aromatic rings. The highest BCUT2D eigenvalue weighted by atomic mass is 32.3. The van der Waals surface area contributed by atoms with Crippen LogP contribution in [0, 0.1) is 5.06 Å². The van der Waals surface area contributed by atoms with E-state index in [4.69, 9.17) is 1.37 Å². The van der Waals surface area contributed by atoms with E-state index in [1.54, 1.807) is 23.5 Å². The van der Waals surface area contributed by atoms with Crippen molar-refractivity contribution in [3.63, 3.8) is 0 Å². The van der Waals surface area contributed by atoms with Crippen molar-refractivity contribution in [3.8, 4) is 0 Å². The molecule has 3 rings (SSSR count). The predicted molar refractivity (Wildman–Crippen MR) is 52.0 cm³/mol. The van der Waals surface area contributed by atoms with E-state index >= 15 is 0 Å². The van der Waals surface area contributed by atoms with Gasteiger partial charge in [0.15, 0.2) is 0 Å². The molecule has 3 heterocycles. The zero-order valence-corrected chi connectivity index (χ0v) is 7.97. The molecule has 3 fully saturated rings. The van der Waals surface area contributed by atoms with Crippen LogP contribution in [-0.4, -0.2) is 20.7 Å². The van der Waals surface area contributed by atoms with Crippen molar-refractivity contribution in [2.45, 2.75) is 9.16 Å². The van der Waals surface area contributed by atoms with Crippen LogP contribution in [0.3, 0.4) is 0 Å². The van der Waals surface area contributed by atoms with Crippen LogP contribution in [0.2, 0.25) is 0 Å². The van der Waals surface area contributed by atoms with Crippen molar-refractivity contribution >= 4 is 47.0 Å². The van der Waals surface area contributed by atoms with Gasteiger partial charge in [-0.05, 0) is 0 Å². The summed E-state index contributed by atoms with van der Waals surface area (Å²) < 4.78 is 8.87. The lowest BCUT2D eigenvalue weighted by Gasteiger charge is -2.19. The van der Waals surface area contributed by atoms with Crippen LogP contribution in [0.25, 0.3) is 0 Å². The summed E-state index contributed by atoms with van der Waals surface area (Å²) in [7, 11) is 0. The van der Waals surface area contributed by atoms with Gasteiger partial charge in [0.25, 0.3) is 0 Å². The molecule has 4 heteroatoms. The fourth-order valence-electron chi connectivity index (χ4n) is 0.739. The summed E-state index contributed by atoms with van der Waals surface area (Å²) in [4.78, 5) is 0. The Morgan fingerprint density at radius 3 is 2.22 bits per heavy atom. The van der Waals surface area contributed by atoms with Crippen molar-refractivity contribution in [1.82, 2.24) is 0 Å². The average molecular weight is 197 g/mol. The lowest BCUT2D eigenvalue weighted by molar-refractivity contribution is 1.34. The Morgan fingerprint density at radius 1 is 1.22 bits per heavy atom. The predicted octanol–water partition coefficient (Wildman–Crippen LogP) is 2.72. The molecule has 0 aliphatic carbocycles. The summed E-state index contributed by atoms with van der Waals surface area (Å²) in [5, 5.41) is 0.824. The Bertz CT molecular complexity index is 109. The van der Waals surface area contributed by atoms with Gasteiger partial charge in [0.05, 0.1) is 15.6 Å². The molecule has 3 aliphatic rings. The summed E-state index contributed by atoms with van der Waals surface area (Å²) in [6.45, 7) is 0. The maximum Gasteiger partial charge on any atom is 0.0736 e. The average Bonchev–Trinajstić information content (AvgIpc) is 2.17. The van der Waals surface area contributed by atoms with Gasteiger partial charge >= 0.3 is 0 Å². The van der Waals surface area contributed by atoms with E-state index in [1.807, 2.05) is 23.5 Å². The molecule has 0 amide bonds. The molecule has 2 bridgehead atoms. The SMILES string of the molecule is [3H][C]1SC2CSC(CS2)S1. The largest absolute Gasteiger partial charge is 0.145 e. The molecule has 9 heavy (non-hydrogen) atoms. The van der Waals surface area contributed by atoms with Gasteiger partial charge in [-0.2, -0.15) is 0 Å². The summed E-state index contributed by atoms with van der Waals surface area (Å²) in [5.41, 5.74) is 0. The van der Waals surface area contributed by atoms with Crippen LogP contribution in [0.1, 0.15) is 1.37 Å². The van der Waals surface area contributed by atoms with E-state index in [-0.39, 0.29) is 0 Å². The highest BCUT2D eigenvalue weighted by molar-refractivity contribution is 8.33. The molecule has 0 aromatic carbocycles. The molecular weight excluding hydrogens is 188 g/mol. The molecule has 51 valence electrons.